The summed E-state index contributed by atoms with van der Waals surface area (Å²) in [5.74, 6) is 2.27. The van der Waals surface area contributed by atoms with Gasteiger partial charge in [0.05, 0.1) is 12.8 Å². The van der Waals surface area contributed by atoms with Crippen LogP contribution in [0.25, 0.3) is 0 Å². The predicted octanol–water partition coefficient (Wildman–Crippen LogP) is 2.98. The zero-order valence-corrected chi connectivity index (χ0v) is 16.3. The minimum absolute atomic E-state index is 0.115. The predicted molar refractivity (Wildman–Crippen MR) is 105 cm³/mol. The molecule has 0 N–H and O–H groups in total. The summed E-state index contributed by atoms with van der Waals surface area (Å²) in [6, 6.07) is 1.94. The molecule has 27 heavy (non-hydrogen) atoms. The molecule has 8 nitrogen and oxygen atoms in total. The van der Waals surface area contributed by atoms with E-state index >= 15 is 0 Å². The number of nitrogens with zero attached hydrogens (tertiary/aromatic N) is 6. The molecule has 0 aromatic carbocycles. The van der Waals surface area contributed by atoms with Crippen molar-refractivity contribution in [1.29, 1.82) is 0 Å². The highest BCUT2D eigenvalue weighted by atomic mass is 16.5. The Bertz CT molecular complexity index is 696. The van der Waals surface area contributed by atoms with Crippen molar-refractivity contribution >= 4 is 23.4 Å². The van der Waals surface area contributed by atoms with E-state index in [9.17, 15) is 4.79 Å². The van der Waals surface area contributed by atoms with Crippen molar-refractivity contribution < 1.29 is 9.53 Å². The fourth-order valence-electron chi connectivity index (χ4n) is 2.63. The number of anilines is 3. The largest absolute Gasteiger partial charge is 0.466 e. The maximum atomic E-state index is 11.4. The van der Waals surface area contributed by atoms with Gasteiger partial charge < -0.3 is 14.5 Å². The second-order valence-electron chi connectivity index (χ2n) is 6.31. The summed E-state index contributed by atoms with van der Waals surface area (Å²) >= 11 is 0. The summed E-state index contributed by atoms with van der Waals surface area (Å²) in [6.45, 7) is 3.04. The smallest absolute Gasteiger partial charge is 0.305 e. The molecule has 0 aliphatic heterocycles. The van der Waals surface area contributed by atoms with Crippen molar-refractivity contribution in [2.45, 2.75) is 39.0 Å². The van der Waals surface area contributed by atoms with Gasteiger partial charge in [-0.2, -0.15) is 0 Å². The van der Waals surface area contributed by atoms with Crippen molar-refractivity contribution in [2.24, 2.45) is 0 Å². The number of unbranched alkanes of at least 4 members (excludes halogenated alkanes) is 3. The summed E-state index contributed by atoms with van der Waals surface area (Å²) < 4.78 is 4.95. The van der Waals surface area contributed by atoms with E-state index in [1.54, 1.807) is 24.9 Å². The second-order valence-corrected chi connectivity index (χ2v) is 6.31. The highest BCUT2D eigenvalue weighted by Crippen LogP contribution is 2.23. The fourth-order valence-corrected chi connectivity index (χ4v) is 2.63. The van der Waals surface area contributed by atoms with Gasteiger partial charge in [0.15, 0.2) is 5.82 Å². The lowest BCUT2D eigenvalue weighted by Crippen LogP contribution is -2.22. The highest BCUT2D eigenvalue weighted by molar-refractivity contribution is 5.69. The molecule has 0 saturated carbocycles. The molecule has 0 aliphatic rings. The van der Waals surface area contributed by atoms with E-state index in [-0.39, 0.29) is 5.97 Å². The van der Waals surface area contributed by atoms with Gasteiger partial charge in [-0.05, 0) is 19.8 Å². The van der Waals surface area contributed by atoms with Gasteiger partial charge in [-0.25, -0.2) is 15.0 Å². The van der Waals surface area contributed by atoms with Gasteiger partial charge >= 0.3 is 5.97 Å². The summed E-state index contributed by atoms with van der Waals surface area (Å²) in [7, 11) is 3.89. The van der Waals surface area contributed by atoms with Crippen LogP contribution in [0.5, 0.6) is 0 Å². The molecule has 0 atom stereocenters. The van der Waals surface area contributed by atoms with E-state index in [1.807, 2.05) is 36.9 Å². The number of rotatable bonds is 11. The van der Waals surface area contributed by atoms with E-state index < -0.39 is 0 Å². The fraction of sp³-hybridized carbons (Fsp3) is 0.526. The number of hydrogen-bond acceptors (Lipinski definition) is 8. The van der Waals surface area contributed by atoms with E-state index in [4.69, 9.17) is 4.74 Å². The van der Waals surface area contributed by atoms with Crippen molar-refractivity contribution in [3.05, 3.63) is 31.0 Å². The molecule has 0 spiro atoms. The molecule has 0 fully saturated rings. The van der Waals surface area contributed by atoms with Gasteiger partial charge in [-0.15, -0.1) is 0 Å². The van der Waals surface area contributed by atoms with Gasteiger partial charge in [0, 0.05) is 45.5 Å². The molecular weight excluding hydrogens is 344 g/mol. The summed E-state index contributed by atoms with van der Waals surface area (Å²) in [6.07, 6.45) is 10.9. The second kappa shape index (κ2) is 11.1. The Kier molecular flexibility index (Phi) is 8.41. The molecular formula is C19H28N6O2. The molecule has 0 aliphatic carbocycles. The van der Waals surface area contributed by atoms with Crippen LogP contribution >= 0.6 is 0 Å². The Hall–Kier alpha value is -2.77. The number of esters is 1. The molecule has 0 bridgehead atoms. The molecule has 2 aromatic heterocycles. The standard InChI is InChI=1S/C19H28N6O2/c1-4-27-19(26)9-7-5-6-8-12-25(18-14-20-10-11-21-18)17-13-16(24(2)3)22-15-23-17/h10-11,13-15H,4-9,12H2,1-3H3. The van der Waals surface area contributed by atoms with Crippen LogP contribution in [0.4, 0.5) is 17.5 Å². The summed E-state index contributed by atoms with van der Waals surface area (Å²) in [4.78, 5) is 32.6. The van der Waals surface area contributed by atoms with Crippen molar-refractivity contribution in [3.63, 3.8) is 0 Å². The van der Waals surface area contributed by atoms with Gasteiger partial charge in [0.25, 0.3) is 0 Å². The zero-order valence-electron chi connectivity index (χ0n) is 16.3. The third-order valence-corrected chi connectivity index (χ3v) is 4.02. The SMILES string of the molecule is CCOC(=O)CCCCCCN(c1cnccn1)c1cc(N(C)C)ncn1. The molecule has 8 heteroatoms. The van der Waals surface area contributed by atoms with Gasteiger partial charge in [-0.1, -0.05) is 12.8 Å². The molecule has 2 aromatic rings. The van der Waals surface area contributed by atoms with E-state index in [0.717, 1.165) is 49.7 Å². The number of carbonyl (C=O) groups excluding carboxylic acids is 1. The zero-order chi connectivity index (χ0) is 19.5. The molecule has 146 valence electrons. The number of aromatic nitrogens is 4. The quantitative estimate of drug-likeness (QED) is 0.440. The number of hydrogen-bond donors (Lipinski definition) is 0. The van der Waals surface area contributed by atoms with Crippen LogP contribution < -0.4 is 9.80 Å². The monoisotopic (exact) mass is 372 g/mol. The number of carbonyl (C=O) groups is 1. The first-order chi connectivity index (χ1) is 13.1. The lowest BCUT2D eigenvalue weighted by Gasteiger charge is -2.23. The summed E-state index contributed by atoms with van der Waals surface area (Å²) in [5, 5.41) is 0. The molecule has 0 unspecified atom stereocenters. The lowest BCUT2D eigenvalue weighted by molar-refractivity contribution is -0.143. The van der Waals surface area contributed by atoms with Crippen molar-refractivity contribution in [3.8, 4) is 0 Å². The van der Waals surface area contributed by atoms with Gasteiger partial charge in [0.1, 0.15) is 18.0 Å². The minimum Gasteiger partial charge on any atom is -0.466 e. The lowest BCUT2D eigenvalue weighted by atomic mass is 10.1. The first-order valence-corrected chi connectivity index (χ1v) is 9.30. The van der Waals surface area contributed by atoms with Crippen LogP contribution in [0.1, 0.15) is 39.0 Å². The molecule has 2 heterocycles. The van der Waals surface area contributed by atoms with Gasteiger partial charge in [0.2, 0.25) is 0 Å². The van der Waals surface area contributed by atoms with Crippen LogP contribution in [0.15, 0.2) is 31.0 Å². The van der Waals surface area contributed by atoms with Crippen LogP contribution in [0.2, 0.25) is 0 Å². The highest BCUT2D eigenvalue weighted by Gasteiger charge is 2.13. The maximum absolute atomic E-state index is 11.4. The van der Waals surface area contributed by atoms with Crippen molar-refractivity contribution in [1.82, 2.24) is 19.9 Å². The average Bonchev–Trinajstić information content (AvgIpc) is 2.68. The Labute approximate surface area is 160 Å². The molecule has 0 amide bonds. The Balaban J connectivity index is 1.94. The third kappa shape index (κ3) is 6.80. The summed E-state index contributed by atoms with van der Waals surface area (Å²) in [5.41, 5.74) is 0. The first kappa shape index (κ1) is 20.5. The topological polar surface area (TPSA) is 84.3 Å². The van der Waals surface area contributed by atoms with E-state index in [1.165, 1.54) is 0 Å². The molecule has 2 rings (SSSR count). The van der Waals surface area contributed by atoms with Gasteiger partial charge in [-0.3, -0.25) is 9.78 Å². The van der Waals surface area contributed by atoms with E-state index in [2.05, 4.69) is 19.9 Å². The van der Waals surface area contributed by atoms with E-state index in [0.29, 0.717) is 13.0 Å². The van der Waals surface area contributed by atoms with Crippen LogP contribution in [-0.4, -0.2) is 53.2 Å². The maximum Gasteiger partial charge on any atom is 0.305 e. The third-order valence-electron chi connectivity index (χ3n) is 4.02. The molecule has 0 radical (unpaired) electrons. The van der Waals surface area contributed by atoms with Crippen molar-refractivity contribution in [2.75, 3.05) is 37.0 Å². The normalized spacial score (nSPS) is 10.5. The number of ether oxygens (including phenoxy) is 1. The first-order valence-electron chi connectivity index (χ1n) is 9.30. The van der Waals surface area contributed by atoms with Crippen LogP contribution in [-0.2, 0) is 9.53 Å². The Morgan fingerprint density at radius 2 is 1.78 bits per heavy atom. The Morgan fingerprint density at radius 1 is 1.00 bits per heavy atom. The van der Waals surface area contributed by atoms with Crippen LogP contribution in [0.3, 0.4) is 0 Å². The molecule has 0 saturated heterocycles. The van der Waals surface area contributed by atoms with Crippen LogP contribution in [0, 0.1) is 0 Å². The minimum atomic E-state index is -0.115. The Morgan fingerprint density at radius 3 is 2.48 bits per heavy atom. The average molecular weight is 372 g/mol.